The van der Waals surface area contributed by atoms with Crippen LogP contribution in [-0.4, -0.2) is 0 Å². The predicted octanol–water partition coefficient (Wildman–Crippen LogP) is 15.0. The Morgan fingerprint density at radius 2 is 0.964 bits per heavy atom. The smallest absolute Gasteiger partial charge is 0.0467 e. The minimum atomic E-state index is 0.715. The first-order valence-electron chi connectivity index (χ1n) is 20.4. The summed E-state index contributed by atoms with van der Waals surface area (Å²) in [5.74, 6) is 4.47. The van der Waals surface area contributed by atoms with Crippen molar-refractivity contribution in [3.05, 3.63) is 188 Å². The van der Waals surface area contributed by atoms with E-state index in [0.717, 1.165) is 35.0 Å². The molecule has 266 valence electrons. The van der Waals surface area contributed by atoms with Crippen molar-refractivity contribution >= 4 is 38.6 Å². The molecule has 1 heteroatoms. The van der Waals surface area contributed by atoms with Gasteiger partial charge in [0.15, 0.2) is 0 Å². The highest BCUT2D eigenvalue weighted by Crippen LogP contribution is 2.60. The molecule has 0 aromatic heterocycles. The van der Waals surface area contributed by atoms with E-state index in [-0.39, 0.29) is 0 Å². The molecule has 3 fully saturated rings. The molecular weight excluding hydrogens is 663 g/mol. The first-order chi connectivity index (χ1) is 27.2. The third kappa shape index (κ3) is 5.76. The van der Waals surface area contributed by atoms with Crippen molar-refractivity contribution in [3.8, 4) is 33.4 Å². The van der Waals surface area contributed by atoms with Crippen molar-refractivity contribution < 1.29 is 0 Å². The highest BCUT2D eigenvalue weighted by Gasteiger charge is 2.49. The van der Waals surface area contributed by atoms with Crippen LogP contribution >= 0.6 is 0 Å². The van der Waals surface area contributed by atoms with E-state index >= 15 is 0 Å². The largest absolute Gasteiger partial charge is 0.310 e. The van der Waals surface area contributed by atoms with Crippen molar-refractivity contribution in [1.82, 2.24) is 0 Å². The highest BCUT2D eigenvalue weighted by molar-refractivity contribution is 6.06. The molecule has 8 aromatic carbocycles. The average molecular weight is 708 g/mol. The van der Waals surface area contributed by atoms with Crippen LogP contribution in [0.15, 0.2) is 182 Å². The van der Waals surface area contributed by atoms with E-state index in [2.05, 4.69) is 187 Å². The fraction of sp³-hybridized carbons (Fsp3) is 0.185. The van der Waals surface area contributed by atoms with E-state index < -0.39 is 0 Å². The van der Waals surface area contributed by atoms with Gasteiger partial charge in [-0.15, -0.1) is 0 Å². The average Bonchev–Trinajstić information content (AvgIpc) is 3.47. The summed E-state index contributed by atoms with van der Waals surface area (Å²) in [6, 6.07) is 67.6. The van der Waals surface area contributed by atoms with E-state index in [1.54, 1.807) is 5.56 Å². The zero-order chi connectivity index (χ0) is 36.3. The van der Waals surface area contributed by atoms with Crippen LogP contribution in [0, 0.1) is 23.7 Å². The van der Waals surface area contributed by atoms with Crippen LogP contribution in [0.1, 0.15) is 43.6 Å². The lowest BCUT2D eigenvalue weighted by molar-refractivity contribution is 0.154. The van der Waals surface area contributed by atoms with E-state index in [1.165, 1.54) is 92.7 Å². The molecule has 3 aliphatic carbocycles. The molecule has 1 nitrogen and oxygen atoms in total. The summed E-state index contributed by atoms with van der Waals surface area (Å²) in [5, 5.41) is 5.10. The Kier molecular flexibility index (Phi) is 7.94. The summed E-state index contributed by atoms with van der Waals surface area (Å²) in [7, 11) is 0. The maximum absolute atomic E-state index is 2.47. The highest BCUT2D eigenvalue weighted by atomic mass is 15.1. The van der Waals surface area contributed by atoms with E-state index in [9.17, 15) is 0 Å². The van der Waals surface area contributed by atoms with Crippen molar-refractivity contribution in [2.45, 2.75) is 38.0 Å². The van der Waals surface area contributed by atoms with Crippen molar-refractivity contribution in [1.29, 1.82) is 0 Å². The molecule has 0 aliphatic heterocycles. The lowest BCUT2D eigenvalue weighted by Gasteiger charge is -2.40. The second kappa shape index (κ2) is 13.4. The standard InChI is InChI=1S/C54H45N/c1-2-10-39(11-3-1)50-20-8-14-42-15-9-21-51(54(42)50)43-16-6-17-47(35-43)55(45-26-22-40(23-27-45)49-19-7-13-38-12-4-5-18-48(38)49)46-28-24-41(25-29-46)52-33-36-30-37-32-44(31-36)53(52)34-37/h1-29,35-37,44,52-53H,30-34H2. The van der Waals surface area contributed by atoms with Gasteiger partial charge < -0.3 is 4.90 Å². The number of fused-ring (bicyclic) bond motifs is 4. The summed E-state index contributed by atoms with van der Waals surface area (Å²) in [6.45, 7) is 0. The maximum atomic E-state index is 2.47. The van der Waals surface area contributed by atoms with Gasteiger partial charge in [-0.3, -0.25) is 0 Å². The first kappa shape index (κ1) is 32.5. The molecule has 0 heterocycles. The first-order valence-corrected chi connectivity index (χ1v) is 20.4. The van der Waals surface area contributed by atoms with Gasteiger partial charge in [0.2, 0.25) is 0 Å². The van der Waals surface area contributed by atoms with Crippen molar-refractivity contribution in [2.75, 3.05) is 4.90 Å². The fourth-order valence-electron chi connectivity index (χ4n) is 11.2. The topological polar surface area (TPSA) is 3.24 Å². The molecule has 8 aromatic rings. The second-order valence-electron chi connectivity index (χ2n) is 16.6. The normalized spacial score (nSPS) is 21.3. The molecule has 3 bridgehead atoms. The number of benzene rings is 8. The lowest BCUT2D eigenvalue weighted by atomic mass is 9.65. The van der Waals surface area contributed by atoms with Gasteiger partial charge in [0.25, 0.3) is 0 Å². The number of nitrogens with zero attached hydrogens (tertiary/aromatic N) is 1. The Bertz CT molecular complexity index is 2640. The molecule has 0 radical (unpaired) electrons. The van der Waals surface area contributed by atoms with Crippen LogP contribution in [0.2, 0.25) is 0 Å². The van der Waals surface area contributed by atoms with Crippen LogP contribution < -0.4 is 4.90 Å². The van der Waals surface area contributed by atoms with Gasteiger partial charge in [0, 0.05) is 17.1 Å². The minimum Gasteiger partial charge on any atom is -0.310 e. The Morgan fingerprint density at radius 3 is 1.75 bits per heavy atom. The van der Waals surface area contributed by atoms with Crippen LogP contribution in [0.5, 0.6) is 0 Å². The summed E-state index contributed by atoms with van der Waals surface area (Å²) in [5.41, 5.74) is 12.5. The quantitative estimate of drug-likeness (QED) is 0.159. The number of anilines is 3. The predicted molar refractivity (Wildman–Crippen MR) is 232 cm³/mol. The molecule has 0 amide bonds. The van der Waals surface area contributed by atoms with Crippen molar-refractivity contribution in [3.63, 3.8) is 0 Å². The fourth-order valence-corrected chi connectivity index (χ4v) is 11.2. The molecule has 3 aliphatic rings. The summed E-state index contributed by atoms with van der Waals surface area (Å²) >= 11 is 0. The molecule has 5 unspecified atom stereocenters. The van der Waals surface area contributed by atoms with Gasteiger partial charge in [-0.2, -0.15) is 0 Å². The Balaban J connectivity index is 1.02. The van der Waals surface area contributed by atoms with Gasteiger partial charge >= 0.3 is 0 Å². The summed E-state index contributed by atoms with van der Waals surface area (Å²) in [6.07, 6.45) is 7.28. The Hall–Kier alpha value is -5.92. The van der Waals surface area contributed by atoms with Crippen molar-refractivity contribution in [2.24, 2.45) is 23.7 Å². The third-order valence-electron chi connectivity index (χ3n) is 13.5. The molecule has 55 heavy (non-hydrogen) atoms. The van der Waals surface area contributed by atoms with E-state index in [0.29, 0.717) is 5.92 Å². The molecular formula is C54H45N. The van der Waals surface area contributed by atoms with E-state index in [1.807, 2.05) is 0 Å². The van der Waals surface area contributed by atoms with Crippen LogP contribution in [-0.2, 0) is 0 Å². The molecule has 11 rings (SSSR count). The minimum absolute atomic E-state index is 0.715. The van der Waals surface area contributed by atoms with Crippen LogP contribution in [0.3, 0.4) is 0 Å². The molecule has 0 saturated heterocycles. The zero-order valence-electron chi connectivity index (χ0n) is 31.2. The molecule has 0 spiro atoms. The van der Waals surface area contributed by atoms with Gasteiger partial charge in [0.1, 0.15) is 0 Å². The summed E-state index contributed by atoms with van der Waals surface area (Å²) < 4.78 is 0. The summed E-state index contributed by atoms with van der Waals surface area (Å²) in [4.78, 5) is 2.46. The van der Waals surface area contributed by atoms with Crippen LogP contribution in [0.4, 0.5) is 17.1 Å². The Labute approximate surface area is 324 Å². The van der Waals surface area contributed by atoms with Gasteiger partial charge in [-0.05, 0) is 159 Å². The lowest BCUT2D eigenvalue weighted by Crippen LogP contribution is -2.28. The molecule has 0 N–H and O–H groups in total. The number of rotatable bonds is 7. The van der Waals surface area contributed by atoms with Gasteiger partial charge in [-0.25, -0.2) is 0 Å². The third-order valence-corrected chi connectivity index (χ3v) is 13.5. The molecule has 5 atom stereocenters. The zero-order valence-corrected chi connectivity index (χ0v) is 31.2. The molecule has 3 saturated carbocycles. The Morgan fingerprint density at radius 1 is 0.382 bits per heavy atom. The van der Waals surface area contributed by atoms with Crippen LogP contribution in [0.25, 0.3) is 54.9 Å². The monoisotopic (exact) mass is 707 g/mol. The van der Waals surface area contributed by atoms with Gasteiger partial charge in [0.05, 0.1) is 0 Å². The van der Waals surface area contributed by atoms with E-state index in [4.69, 9.17) is 0 Å². The SMILES string of the molecule is c1ccc(-c2cccc3cccc(-c4cccc(N(c5ccc(-c6cccc7ccccc67)cc5)c5ccc(C6CC7CC8CC(C7)C6C8)cc5)c4)c23)cc1. The van der Waals surface area contributed by atoms with Gasteiger partial charge in [-0.1, -0.05) is 146 Å². The maximum Gasteiger partial charge on any atom is 0.0467 e. The number of hydrogen-bond acceptors (Lipinski definition) is 1. The second-order valence-corrected chi connectivity index (χ2v) is 16.6. The number of hydrogen-bond donors (Lipinski definition) is 0.